The van der Waals surface area contributed by atoms with Crippen molar-refractivity contribution in [1.82, 2.24) is 5.32 Å². The van der Waals surface area contributed by atoms with Crippen molar-refractivity contribution in [2.75, 3.05) is 23.7 Å². The molecular weight excluding hydrogens is 494 g/mol. The summed E-state index contributed by atoms with van der Waals surface area (Å²) in [5.74, 6) is 0.219. The molecule has 0 radical (unpaired) electrons. The Bertz CT molecular complexity index is 1330. The summed E-state index contributed by atoms with van der Waals surface area (Å²) < 4.78 is 31.6. The third-order valence-corrected chi connectivity index (χ3v) is 6.54. The summed E-state index contributed by atoms with van der Waals surface area (Å²) >= 11 is 6.03. The van der Waals surface area contributed by atoms with Gasteiger partial charge in [0.1, 0.15) is 12.4 Å². The van der Waals surface area contributed by atoms with Crippen LogP contribution in [-0.2, 0) is 16.6 Å². The molecule has 11 heteroatoms. The number of amides is 1. The summed E-state index contributed by atoms with van der Waals surface area (Å²) in [5, 5.41) is 14.4. The number of nitro groups is 1. The Morgan fingerprint density at radius 3 is 2.43 bits per heavy atom. The van der Waals surface area contributed by atoms with E-state index in [0.29, 0.717) is 27.5 Å². The number of carbonyl (C=O) groups is 1. The van der Waals surface area contributed by atoms with Gasteiger partial charge in [-0.05, 0) is 42.3 Å². The largest absolute Gasteiger partial charge is 0.490 e. The molecule has 0 spiro atoms. The van der Waals surface area contributed by atoms with E-state index in [1.54, 1.807) is 55.5 Å². The molecule has 184 valence electrons. The van der Waals surface area contributed by atoms with Crippen LogP contribution in [0.5, 0.6) is 5.75 Å². The molecule has 0 aliphatic rings. The fraction of sp³-hybridized carbons (Fsp3) is 0.208. The molecule has 0 fully saturated rings. The highest BCUT2D eigenvalue weighted by Crippen LogP contribution is 2.29. The molecule has 3 rings (SSSR count). The first-order valence-corrected chi connectivity index (χ1v) is 12.8. The molecule has 3 aromatic rings. The molecule has 0 atom stereocenters. The van der Waals surface area contributed by atoms with E-state index in [1.165, 1.54) is 18.2 Å². The number of non-ortho nitro benzene ring substituents is 1. The average Bonchev–Trinajstić information content (AvgIpc) is 2.81. The second-order valence-electron chi connectivity index (χ2n) is 7.73. The lowest BCUT2D eigenvalue weighted by Gasteiger charge is -2.24. The van der Waals surface area contributed by atoms with Gasteiger partial charge in [0.2, 0.25) is 10.0 Å². The molecule has 0 saturated heterocycles. The van der Waals surface area contributed by atoms with Crippen LogP contribution in [0.2, 0.25) is 5.02 Å². The highest BCUT2D eigenvalue weighted by atomic mass is 35.5. The fourth-order valence-corrected chi connectivity index (χ4v) is 4.41. The number of hydrogen-bond acceptors (Lipinski definition) is 6. The summed E-state index contributed by atoms with van der Waals surface area (Å²) in [6.45, 7) is 2.13. The number of carbonyl (C=O) groups excluding carboxylic acids is 1. The number of hydrogen-bond donors (Lipinski definition) is 1. The zero-order valence-corrected chi connectivity index (χ0v) is 20.7. The predicted octanol–water partition coefficient (Wildman–Crippen LogP) is 4.33. The number of benzene rings is 3. The van der Waals surface area contributed by atoms with Crippen LogP contribution in [0.1, 0.15) is 21.5 Å². The highest BCUT2D eigenvalue weighted by molar-refractivity contribution is 7.92. The molecule has 3 aromatic carbocycles. The van der Waals surface area contributed by atoms with Gasteiger partial charge in [0.05, 0.1) is 35.0 Å². The highest BCUT2D eigenvalue weighted by Gasteiger charge is 2.22. The van der Waals surface area contributed by atoms with Gasteiger partial charge in [-0.25, -0.2) is 8.42 Å². The summed E-state index contributed by atoms with van der Waals surface area (Å²) in [6, 6.07) is 17.6. The van der Waals surface area contributed by atoms with Crippen molar-refractivity contribution in [3.63, 3.8) is 0 Å². The lowest BCUT2D eigenvalue weighted by molar-refractivity contribution is -0.384. The van der Waals surface area contributed by atoms with E-state index >= 15 is 0 Å². The van der Waals surface area contributed by atoms with Crippen LogP contribution in [0.3, 0.4) is 0 Å². The first-order chi connectivity index (χ1) is 16.6. The number of halogens is 1. The standard InChI is InChI=1S/C24H24ClN3O6S/c1-17-7-12-20(28(30)31)15-22(17)27(35(2,32)33)16-18-8-10-19(11-9-18)24(29)26-13-14-34-23-6-4-3-5-21(23)25/h3-12,15H,13-14,16H2,1-2H3,(H,26,29). The monoisotopic (exact) mass is 517 g/mol. The molecule has 0 aliphatic heterocycles. The topological polar surface area (TPSA) is 119 Å². The molecule has 0 unspecified atom stereocenters. The number of sulfonamides is 1. The minimum atomic E-state index is -3.74. The normalized spacial score (nSPS) is 11.1. The van der Waals surface area contributed by atoms with E-state index in [4.69, 9.17) is 16.3 Å². The lowest BCUT2D eigenvalue weighted by Crippen LogP contribution is -2.30. The Labute approximate surface area is 208 Å². The smallest absolute Gasteiger partial charge is 0.271 e. The number of rotatable bonds is 10. The van der Waals surface area contributed by atoms with Crippen LogP contribution in [0.4, 0.5) is 11.4 Å². The third kappa shape index (κ3) is 6.93. The second-order valence-corrected chi connectivity index (χ2v) is 10.0. The molecule has 9 nitrogen and oxygen atoms in total. The average molecular weight is 518 g/mol. The Kier molecular flexibility index (Phi) is 8.31. The molecule has 0 aliphatic carbocycles. The maximum Gasteiger partial charge on any atom is 0.271 e. The van der Waals surface area contributed by atoms with Crippen molar-refractivity contribution in [3.05, 3.63) is 98.6 Å². The van der Waals surface area contributed by atoms with Crippen LogP contribution in [0.15, 0.2) is 66.7 Å². The molecule has 0 saturated carbocycles. The van der Waals surface area contributed by atoms with Gasteiger partial charge in [-0.1, -0.05) is 41.9 Å². The van der Waals surface area contributed by atoms with Crippen molar-refractivity contribution in [2.24, 2.45) is 0 Å². The second kappa shape index (κ2) is 11.2. The Hall–Kier alpha value is -3.63. The van der Waals surface area contributed by atoms with E-state index in [1.807, 2.05) is 0 Å². The molecule has 1 N–H and O–H groups in total. The molecule has 0 aromatic heterocycles. The van der Waals surface area contributed by atoms with Crippen LogP contribution in [-0.4, -0.2) is 38.7 Å². The van der Waals surface area contributed by atoms with Gasteiger partial charge in [-0.15, -0.1) is 0 Å². The zero-order chi connectivity index (χ0) is 25.6. The first kappa shape index (κ1) is 26.0. The first-order valence-electron chi connectivity index (χ1n) is 10.5. The van der Waals surface area contributed by atoms with E-state index < -0.39 is 14.9 Å². The summed E-state index contributed by atoms with van der Waals surface area (Å²) in [6.07, 6.45) is 1.04. The summed E-state index contributed by atoms with van der Waals surface area (Å²) in [4.78, 5) is 23.0. The zero-order valence-electron chi connectivity index (χ0n) is 19.1. The number of anilines is 1. The Balaban J connectivity index is 1.66. The van der Waals surface area contributed by atoms with E-state index in [2.05, 4.69) is 5.32 Å². The van der Waals surface area contributed by atoms with Crippen LogP contribution in [0, 0.1) is 17.0 Å². The van der Waals surface area contributed by atoms with E-state index in [0.717, 1.165) is 10.6 Å². The van der Waals surface area contributed by atoms with Gasteiger partial charge >= 0.3 is 0 Å². The number of aryl methyl sites for hydroxylation is 1. The third-order valence-electron chi connectivity index (χ3n) is 5.10. The van der Waals surface area contributed by atoms with Crippen molar-refractivity contribution in [3.8, 4) is 5.75 Å². The molecule has 0 bridgehead atoms. The minimum Gasteiger partial charge on any atom is -0.490 e. The van der Waals surface area contributed by atoms with Crippen LogP contribution in [0.25, 0.3) is 0 Å². The van der Waals surface area contributed by atoms with Gasteiger partial charge < -0.3 is 10.1 Å². The van der Waals surface area contributed by atoms with Gasteiger partial charge in [-0.2, -0.15) is 0 Å². The van der Waals surface area contributed by atoms with E-state index in [-0.39, 0.29) is 37.0 Å². The van der Waals surface area contributed by atoms with Crippen molar-refractivity contribution < 1.29 is 22.9 Å². The Morgan fingerprint density at radius 1 is 1.11 bits per heavy atom. The maximum absolute atomic E-state index is 12.5. The predicted molar refractivity (Wildman–Crippen MR) is 135 cm³/mol. The SMILES string of the molecule is Cc1ccc([N+](=O)[O-])cc1N(Cc1ccc(C(=O)NCCOc2ccccc2Cl)cc1)S(C)(=O)=O. The minimum absolute atomic E-state index is 0.0472. The lowest BCUT2D eigenvalue weighted by atomic mass is 10.1. The fourth-order valence-electron chi connectivity index (χ4n) is 3.28. The maximum atomic E-state index is 12.5. The number of para-hydroxylation sites is 1. The van der Waals surface area contributed by atoms with Crippen molar-refractivity contribution >= 4 is 38.9 Å². The quantitative estimate of drug-likeness (QED) is 0.243. The van der Waals surface area contributed by atoms with E-state index in [9.17, 15) is 23.3 Å². The van der Waals surface area contributed by atoms with Crippen molar-refractivity contribution in [2.45, 2.75) is 13.5 Å². The van der Waals surface area contributed by atoms with Crippen molar-refractivity contribution in [1.29, 1.82) is 0 Å². The molecule has 35 heavy (non-hydrogen) atoms. The van der Waals surface area contributed by atoms with Crippen LogP contribution >= 0.6 is 11.6 Å². The number of nitrogens with one attached hydrogen (secondary N) is 1. The number of nitrogens with zero attached hydrogens (tertiary/aromatic N) is 2. The number of ether oxygens (including phenoxy) is 1. The molecular formula is C24H24ClN3O6S. The van der Waals surface area contributed by atoms with Gasteiger partial charge in [0, 0.05) is 17.7 Å². The molecule has 0 heterocycles. The summed E-state index contributed by atoms with van der Waals surface area (Å²) in [7, 11) is -3.74. The van der Waals surface area contributed by atoms with Gasteiger partial charge in [0.15, 0.2) is 0 Å². The summed E-state index contributed by atoms with van der Waals surface area (Å²) in [5.41, 5.74) is 1.60. The van der Waals surface area contributed by atoms with Gasteiger partial charge in [0.25, 0.3) is 11.6 Å². The number of nitro benzene ring substituents is 1. The van der Waals surface area contributed by atoms with Gasteiger partial charge in [-0.3, -0.25) is 19.2 Å². The van der Waals surface area contributed by atoms with Crippen LogP contribution < -0.4 is 14.4 Å². The molecule has 1 amide bonds. The Morgan fingerprint density at radius 2 is 1.80 bits per heavy atom.